The fourth-order valence-electron chi connectivity index (χ4n) is 3.24. The largest absolute Gasteiger partial charge is 0.355 e. The van der Waals surface area contributed by atoms with Crippen LogP contribution in [0.25, 0.3) is 0 Å². The van der Waals surface area contributed by atoms with Crippen molar-refractivity contribution < 1.29 is 19.2 Å². The SMILES string of the molecule is CC(=O)NCC(C)C(=O)ON1CCC[C@@H](CCC2CC=NCC2)C1=O. The molecule has 0 bridgehead atoms. The third kappa shape index (κ3) is 6.14. The molecule has 2 aliphatic heterocycles. The highest BCUT2D eigenvalue weighted by Gasteiger charge is 2.32. The molecule has 2 unspecified atom stereocenters. The number of aliphatic imine (C=N–C) groups is 1. The zero-order valence-electron chi connectivity index (χ0n) is 15.2. The molecule has 140 valence electrons. The average Bonchev–Trinajstić information content (AvgIpc) is 2.61. The first-order chi connectivity index (χ1) is 12.0. The third-order valence-electron chi connectivity index (χ3n) is 4.93. The Bertz CT molecular complexity index is 520. The molecule has 2 rings (SSSR count). The van der Waals surface area contributed by atoms with Crippen LogP contribution >= 0.6 is 0 Å². The van der Waals surface area contributed by atoms with Crippen molar-refractivity contribution in [3.63, 3.8) is 0 Å². The zero-order valence-corrected chi connectivity index (χ0v) is 15.2. The number of hydrogen-bond acceptors (Lipinski definition) is 5. The maximum atomic E-state index is 12.6. The first-order valence-electron chi connectivity index (χ1n) is 9.23. The summed E-state index contributed by atoms with van der Waals surface area (Å²) >= 11 is 0. The van der Waals surface area contributed by atoms with E-state index in [0.29, 0.717) is 12.5 Å². The highest BCUT2D eigenvalue weighted by molar-refractivity contribution is 5.81. The van der Waals surface area contributed by atoms with Crippen LogP contribution in [0.2, 0.25) is 0 Å². The minimum absolute atomic E-state index is 0.0638. The van der Waals surface area contributed by atoms with Crippen LogP contribution in [-0.2, 0) is 19.2 Å². The smallest absolute Gasteiger partial charge is 0.337 e. The van der Waals surface area contributed by atoms with Gasteiger partial charge in [-0.3, -0.25) is 14.6 Å². The Kier molecular flexibility index (Phi) is 7.40. The third-order valence-corrected chi connectivity index (χ3v) is 4.93. The van der Waals surface area contributed by atoms with Gasteiger partial charge in [0.2, 0.25) is 5.91 Å². The van der Waals surface area contributed by atoms with Gasteiger partial charge in [0.25, 0.3) is 5.91 Å². The van der Waals surface area contributed by atoms with E-state index in [0.717, 1.165) is 45.1 Å². The second-order valence-corrected chi connectivity index (χ2v) is 7.08. The summed E-state index contributed by atoms with van der Waals surface area (Å²) in [6, 6.07) is 0. The van der Waals surface area contributed by atoms with Gasteiger partial charge < -0.3 is 10.2 Å². The molecule has 7 nitrogen and oxygen atoms in total. The van der Waals surface area contributed by atoms with Gasteiger partial charge in [-0.2, -0.15) is 5.06 Å². The van der Waals surface area contributed by atoms with E-state index in [9.17, 15) is 14.4 Å². The summed E-state index contributed by atoms with van der Waals surface area (Å²) in [5, 5.41) is 3.81. The summed E-state index contributed by atoms with van der Waals surface area (Å²) in [6.45, 7) is 4.62. The summed E-state index contributed by atoms with van der Waals surface area (Å²) < 4.78 is 0. The van der Waals surface area contributed by atoms with Crippen LogP contribution in [0.5, 0.6) is 0 Å². The number of hydrogen-bond donors (Lipinski definition) is 1. The fraction of sp³-hybridized carbons (Fsp3) is 0.778. The van der Waals surface area contributed by atoms with Gasteiger partial charge in [0.15, 0.2) is 0 Å². The van der Waals surface area contributed by atoms with Crippen LogP contribution in [0.1, 0.15) is 52.4 Å². The van der Waals surface area contributed by atoms with Gasteiger partial charge in [-0.1, -0.05) is 6.92 Å². The van der Waals surface area contributed by atoms with Gasteiger partial charge in [-0.25, -0.2) is 4.79 Å². The fourth-order valence-corrected chi connectivity index (χ4v) is 3.24. The molecule has 2 heterocycles. The molecule has 1 N–H and O–H groups in total. The Morgan fingerprint density at radius 2 is 2.20 bits per heavy atom. The number of piperidine rings is 1. The maximum Gasteiger partial charge on any atom is 0.337 e. The molecule has 0 radical (unpaired) electrons. The van der Waals surface area contributed by atoms with E-state index in [1.165, 1.54) is 12.0 Å². The van der Waals surface area contributed by atoms with Crippen molar-refractivity contribution in [2.75, 3.05) is 19.6 Å². The molecule has 1 saturated heterocycles. The van der Waals surface area contributed by atoms with E-state index in [1.807, 2.05) is 6.21 Å². The van der Waals surface area contributed by atoms with Crippen LogP contribution in [0.3, 0.4) is 0 Å². The summed E-state index contributed by atoms with van der Waals surface area (Å²) in [7, 11) is 0. The van der Waals surface area contributed by atoms with Gasteiger partial charge in [0.1, 0.15) is 0 Å². The van der Waals surface area contributed by atoms with Crippen LogP contribution < -0.4 is 5.32 Å². The van der Waals surface area contributed by atoms with E-state index in [1.54, 1.807) is 6.92 Å². The number of nitrogens with one attached hydrogen (secondary N) is 1. The molecule has 0 aromatic rings. The quantitative estimate of drug-likeness (QED) is 0.756. The number of carbonyl (C=O) groups excluding carboxylic acids is 3. The van der Waals surface area contributed by atoms with Gasteiger partial charge in [0, 0.05) is 25.9 Å². The predicted octanol–water partition coefficient (Wildman–Crippen LogP) is 1.72. The van der Waals surface area contributed by atoms with E-state index in [-0.39, 0.29) is 24.3 Å². The molecular formula is C18H29N3O4. The molecule has 0 spiro atoms. The number of hydroxylamine groups is 2. The molecular weight excluding hydrogens is 322 g/mol. The highest BCUT2D eigenvalue weighted by atomic mass is 16.7. The van der Waals surface area contributed by atoms with Crippen LogP contribution in [0.4, 0.5) is 0 Å². The molecule has 25 heavy (non-hydrogen) atoms. The van der Waals surface area contributed by atoms with Gasteiger partial charge >= 0.3 is 5.97 Å². The van der Waals surface area contributed by atoms with Crippen LogP contribution in [0, 0.1) is 17.8 Å². The van der Waals surface area contributed by atoms with Gasteiger partial charge in [-0.15, -0.1) is 0 Å². The Labute approximate surface area is 149 Å². The maximum absolute atomic E-state index is 12.6. The van der Waals surface area contributed by atoms with Crippen molar-refractivity contribution >= 4 is 24.0 Å². The normalized spacial score (nSPS) is 24.7. The van der Waals surface area contributed by atoms with Crippen molar-refractivity contribution in [3.8, 4) is 0 Å². The second kappa shape index (κ2) is 9.53. The number of amides is 2. The molecule has 1 fully saturated rings. The van der Waals surface area contributed by atoms with E-state index < -0.39 is 11.9 Å². The monoisotopic (exact) mass is 351 g/mol. The minimum atomic E-state index is -0.487. The van der Waals surface area contributed by atoms with E-state index in [2.05, 4.69) is 10.3 Å². The second-order valence-electron chi connectivity index (χ2n) is 7.08. The summed E-state index contributed by atoms with van der Waals surface area (Å²) in [6.07, 6.45) is 7.64. The van der Waals surface area contributed by atoms with Crippen LogP contribution in [0.15, 0.2) is 4.99 Å². The van der Waals surface area contributed by atoms with Crippen molar-refractivity contribution in [2.45, 2.75) is 52.4 Å². The van der Waals surface area contributed by atoms with Gasteiger partial charge in [0.05, 0.1) is 12.5 Å². The first kappa shape index (κ1) is 19.4. The topological polar surface area (TPSA) is 88.1 Å². The van der Waals surface area contributed by atoms with Crippen LogP contribution in [-0.4, -0.2) is 48.7 Å². The van der Waals surface area contributed by atoms with Crippen molar-refractivity contribution in [2.24, 2.45) is 22.7 Å². The molecule has 2 aliphatic rings. The van der Waals surface area contributed by atoms with E-state index in [4.69, 9.17) is 4.84 Å². The Hall–Kier alpha value is -1.92. The zero-order chi connectivity index (χ0) is 18.2. The lowest BCUT2D eigenvalue weighted by Crippen LogP contribution is -2.44. The lowest BCUT2D eigenvalue weighted by Gasteiger charge is -2.32. The first-order valence-corrected chi connectivity index (χ1v) is 9.23. The molecule has 7 heteroatoms. The van der Waals surface area contributed by atoms with Gasteiger partial charge in [-0.05, 0) is 50.7 Å². The summed E-state index contributed by atoms with van der Waals surface area (Å²) in [4.78, 5) is 45.1. The van der Waals surface area contributed by atoms with E-state index >= 15 is 0 Å². The van der Waals surface area contributed by atoms with Crippen molar-refractivity contribution in [1.29, 1.82) is 0 Å². The summed E-state index contributed by atoms with van der Waals surface area (Å²) in [5.41, 5.74) is 0. The predicted molar refractivity (Wildman–Crippen MR) is 93.7 cm³/mol. The molecule has 0 aliphatic carbocycles. The number of rotatable bonds is 7. The Morgan fingerprint density at radius 3 is 2.88 bits per heavy atom. The molecule has 0 saturated carbocycles. The number of carbonyl (C=O) groups is 3. The molecule has 0 aromatic carbocycles. The molecule has 2 amide bonds. The standard InChI is InChI=1S/C18H29N3O4/c1-13(12-20-14(2)22)18(24)25-21-11-3-4-16(17(21)23)6-5-15-7-9-19-10-8-15/h9,13,15-16H,3-8,10-12H2,1-2H3,(H,20,22)/t13?,15?,16-/m0/s1. The Morgan fingerprint density at radius 1 is 1.40 bits per heavy atom. The average molecular weight is 351 g/mol. The van der Waals surface area contributed by atoms with Crippen molar-refractivity contribution in [1.82, 2.24) is 10.4 Å². The molecule has 0 aromatic heterocycles. The Balaban J connectivity index is 1.78. The summed E-state index contributed by atoms with van der Waals surface area (Å²) in [5.74, 6) is -0.700. The number of nitrogens with zero attached hydrogens (tertiary/aromatic N) is 2. The molecule has 3 atom stereocenters. The lowest BCUT2D eigenvalue weighted by molar-refractivity contribution is -0.208. The minimum Gasteiger partial charge on any atom is -0.355 e. The lowest BCUT2D eigenvalue weighted by atomic mass is 9.87. The van der Waals surface area contributed by atoms with Crippen molar-refractivity contribution in [3.05, 3.63) is 0 Å². The highest BCUT2D eigenvalue weighted by Crippen LogP contribution is 2.27.